The van der Waals surface area contributed by atoms with Gasteiger partial charge in [-0.15, -0.1) is 6.58 Å². The van der Waals surface area contributed by atoms with Crippen molar-refractivity contribution in [3.05, 3.63) is 54.6 Å². The molecule has 0 aliphatic rings. The van der Waals surface area contributed by atoms with Crippen LogP contribution in [0.4, 0.5) is 0 Å². The van der Waals surface area contributed by atoms with E-state index in [1.165, 1.54) is 16.3 Å². The first-order valence-corrected chi connectivity index (χ1v) is 6.89. The zero-order chi connectivity index (χ0) is 15.1. The molecule has 0 spiro atoms. The van der Waals surface area contributed by atoms with Crippen molar-refractivity contribution in [3.8, 4) is 5.75 Å². The molecule has 2 rings (SSSR count). The minimum absolute atomic E-state index is 0.692. The van der Waals surface area contributed by atoms with Crippen LogP contribution in [-0.4, -0.2) is 26.7 Å². The molecule has 0 bridgehead atoms. The van der Waals surface area contributed by atoms with E-state index in [4.69, 9.17) is 4.74 Å². The van der Waals surface area contributed by atoms with Crippen molar-refractivity contribution in [2.75, 3.05) is 20.7 Å². The van der Waals surface area contributed by atoms with Crippen LogP contribution in [0.25, 0.3) is 10.8 Å². The number of nitrogens with one attached hydrogen (secondary N) is 2. The van der Waals surface area contributed by atoms with E-state index in [0.29, 0.717) is 6.54 Å². The summed E-state index contributed by atoms with van der Waals surface area (Å²) in [5, 5.41) is 8.79. The molecule has 0 saturated carbocycles. The van der Waals surface area contributed by atoms with Gasteiger partial charge in [-0.1, -0.05) is 24.3 Å². The Balaban J connectivity index is 2.07. The number of aliphatic imine (C=N–C) groups is 1. The number of hydrogen-bond donors (Lipinski definition) is 2. The molecule has 110 valence electrons. The SMILES string of the molecule is C=CCNC(=NC)NCc1ccc2cc(OC)ccc2c1. The number of ether oxygens (including phenoxy) is 1. The molecule has 0 saturated heterocycles. The first-order valence-electron chi connectivity index (χ1n) is 6.89. The number of hydrogen-bond acceptors (Lipinski definition) is 2. The third-order valence-electron chi connectivity index (χ3n) is 3.21. The Morgan fingerprint density at radius 3 is 2.67 bits per heavy atom. The number of guanidine groups is 1. The van der Waals surface area contributed by atoms with Crippen LogP contribution in [0.3, 0.4) is 0 Å². The topological polar surface area (TPSA) is 45.7 Å². The lowest BCUT2D eigenvalue weighted by atomic mass is 10.1. The highest BCUT2D eigenvalue weighted by atomic mass is 16.5. The van der Waals surface area contributed by atoms with Crippen LogP contribution < -0.4 is 15.4 Å². The van der Waals surface area contributed by atoms with E-state index in [1.54, 1.807) is 20.2 Å². The lowest BCUT2D eigenvalue weighted by Gasteiger charge is -2.11. The third kappa shape index (κ3) is 3.99. The van der Waals surface area contributed by atoms with Gasteiger partial charge >= 0.3 is 0 Å². The molecule has 2 aromatic carbocycles. The van der Waals surface area contributed by atoms with Gasteiger partial charge in [-0.3, -0.25) is 4.99 Å². The Labute approximate surface area is 125 Å². The van der Waals surface area contributed by atoms with Crippen LogP contribution in [-0.2, 0) is 6.54 Å². The molecule has 0 unspecified atom stereocenters. The molecule has 2 N–H and O–H groups in total. The summed E-state index contributed by atoms with van der Waals surface area (Å²) < 4.78 is 5.24. The number of rotatable bonds is 5. The van der Waals surface area contributed by atoms with Gasteiger partial charge in [-0.25, -0.2) is 0 Å². The molecular weight excluding hydrogens is 262 g/mol. The minimum Gasteiger partial charge on any atom is -0.497 e. The van der Waals surface area contributed by atoms with E-state index in [9.17, 15) is 0 Å². The van der Waals surface area contributed by atoms with Crippen LogP contribution in [0.5, 0.6) is 5.75 Å². The van der Waals surface area contributed by atoms with Gasteiger partial charge in [-0.2, -0.15) is 0 Å². The summed E-state index contributed by atoms with van der Waals surface area (Å²) in [5.74, 6) is 1.65. The number of fused-ring (bicyclic) bond motifs is 1. The Morgan fingerprint density at radius 1 is 1.19 bits per heavy atom. The van der Waals surface area contributed by atoms with Crippen molar-refractivity contribution in [1.29, 1.82) is 0 Å². The van der Waals surface area contributed by atoms with Crippen LogP contribution in [0.2, 0.25) is 0 Å². The van der Waals surface area contributed by atoms with E-state index in [2.05, 4.69) is 46.5 Å². The molecule has 2 aromatic rings. The molecule has 4 nitrogen and oxygen atoms in total. The van der Waals surface area contributed by atoms with Crippen molar-refractivity contribution in [2.24, 2.45) is 4.99 Å². The largest absolute Gasteiger partial charge is 0.497 e. The summed E-state index contributed by atoms with van der Waals surface area (Å²) in [6, 6.07) is 12.5. The summed E-state index contributed by atoms with van der Waals surface area (Å²) >= 11 is 0. The molecular formula is C17H21N3O. The maximum atomic E-state index is 5.24. The fourth-order valence-electron chi connectivity index (χ4n) is 2.09. The molecule has 0 amide bonds. The standard InChI is InChI=1S/C17H21N3O/c1-4-9-19-17(18-2)20-12-13-5-6-15-11-16(21-3)8-7-14(15)10-13/h4-8,10-11H,1,9,12H2,2-3H3,(H2,18,19,20). The fraction of sp³-hybridized carbons (Fsp3) is 0.235. The van der Waals surface area contributed by atoms with E-state index < -0.39 is 0 Å². The average molecular weight is 283 g/mol. The van der Waals surface area contributed by atoms with E-state index >= 15 is 0 Å². The second-order valence-electron chi connectivity index (χ2n) is 4.64. The second-order valence-corrected chi connectivity index (χ2v) is 4.64. The zero-order valence-corrected chi connectivity index (χ0v) is 12.5. The summed E-state index contributed by atoms with van der Waals surface area (Å²) in [7, 11) is 3.44. The molecule has 0 aliphatic carbocycles. The number of benzene rings is 2. The Hall–Kier alpha value is -2.49. The summed E-state index contributed by atoms with van der Waals surface area (Å²) in [6.45, 7) is 5.09. The predicted molar refractivity (Wildman–Crippen MR) is 88.9 cm³/mol. The van der Waals surface area contributed by atoms with Crippen LogP contribution in [0.15, 0.2) is 54.0 Å². The van der Waals surface area contributed by atoms with E-state index in [1.807, 2.05) is 12.1 Å². The quantitative estimate of drug-likeness (QED) is 0.504. The Morgan fingerprint density at radius 2 is 1.95 bits per heavy atom. The first-order chi connectivity index (χ1) is 10.3. The first kappa shape index (κ1) is 14.9. The van der Waals surface area contributed by atoms with Crippen molar-refractivity contribution in [2.45, 2.75) is 6.54 Å². The van der Waals surface area contributed by atoms with Crippen molar-refractivity contribution >= 4 is 16.7 Å². The van der Waals surface area contributed by atoms with Gasteiger partial charge < -0.3 is 15.4 Å². The minimum atomic E-state index is 0.692. The van der Waals surface area contributed by atoms with Gasteiger partial charge in [0.15, 0.2) is 5.96 Å². The maximum absolute atomic E-state index is 5.24. The van der Waals surface area contributed by atoms with Gasteiger partial charge in [0.1, 0.15) is 5.75 Å². The van der Waals surface area contributed by atoms with Crippen molar-refractivity contribution < 1.29 is 4.74 Å². The van der Waals surface area contributed by atoms with Gasteiger partial charge in [0, 0.05) is 20.1 Å². The van der Waals surface area contributed by atoms with Crippen LogP contribution in [0.1, 0.15) is 5.56 Å². The second kappa shape index (κ2) is 7.33. The van der Waals surface area contributed by atoms with Crippen LogP contribution >= 0.6 is 0 Å². The Bertz CT molecular complexity index is 650. The highest BCUT2D eigenvalue weighted by Gasteiger charge is 2.00. The van der Waals surface area contributed by atoms with Crippen molar-refractivity contribution in [1.82, 2.24) is 10.6 Å². The van der Waals surface area contributed by atoms with E-state index in [-0.39, 0.29) is 0 Å². The van der Waals surface area contributed by atoms with Gasteiger partial charge in [-0.05, 0) is 34.5 Å². The summed E-state index contributed by atoms with van der Waals surface area (Å²) in [4.78, 5) is 4.16. The highest BCUT2D eigenvalue weighted by molar-refractivity contribution is 5.85. The van der Waals surface area contributed by atoms with Gasteiger partial charge in [0.2, 0.25) is 0 Å². The molecule has 0 atom stereocenters. The molecule has 21 heavy (non-hydrogen) atoms. The normalized spacial score (nSPS) is 11.2. The smallest absolute Gasteiger partial charge is 0.191 e. The average Bonchev–Trinajstić information content (AvgIpc) is 2.54. The summed E-state index contributed by atoms with van der Waals surface area (Å²) in [6.07, 6.45) is 1.80. The lowest BCUT2D eigenvalue weighted by Crippen LogP contribution is -2.36. The molecule has 0 radical (unpaired) electrons. The maximum Gasteiger partial charge on any atom is 0.191 e. The highest BCUT2D eigenvalue weighted by Crippen LogP contribution is 2.21. The fourth-order valence-corrected chi connectivity index (χ4v) is 2.09. The summed E-state index contributed by atoms with van der Waals surface area (Å²) in [5.41, 5.74) is 1.20. The predicted octanol–water partition coefficient (Wildman–Crippen LogP) is 2.70. The third-order valence-corrected chi connectivity index (χ3v) is 3.21. The van der Waals surface area contributed by atoms with Gasteiger partial charge in [0.05, 0.1) is 7.11 Å². The molecule has 0 fully saturated rings. The monoisotopic (exact) mass is 283 g/mol. The van der Waals surface area contributed by atoms with Crippen molar-refractivity contribution in [3.63, 3.8) is 0 Å². The van der Waals surface area contributed by atoms with Gasteiger partial charge in [0.25, 0.3) is 0 Å². The zero-order valence-electron chi connectivity index (χ0n) is 12.5. The molecule has 0 heterocycles. The Kier molecular flexibility index (Phi) is 5.21. The number of methoxy groups -OCH3 is 1. The molecule has 4 heteroatoms. The number of nitrogens with zero attached hydrogens (tertiary/aromatic N) is 1. The van der Waals surface area contributed by atoms with E-state index in [0.717, 1.165) is 18.3 Å². The molecule has 0 aromatic heterocycles. The molecule has 0 aliphatic heterocycles. The lowest BCUT2D eigenvalue weighted by molar-refractivity contribution is 0.415. The van der Waals surface area contributed by atoms with Crippen LogP contribution in [0, 0.1) is 0 Å².